The van der Waals surface area contributed by atoms with E-state index in [0.29, 0.717) is 5.92 Å². The second-order valence-electron chi connectivity index (χ2n) is 20.6. The molecule has 0 aromatic heterocycles. The van der Waals surface area contributed by atoms with E-state index in [0.717, 1.165) is 64.0 Å². The minimum atomic E-state index is -0.173. The molecule has 9 aromatic carbocycles. The molecule has 0 N–H and O–H groups in total. The highest BCUT2D eigenvalue weighted by Gasteiger charge is 2.30. The molecule has 2 unspecified atom stereocenters. The first-order valence-corrected chi connectivity index (χ1v) is 27.5. The molecule has 0 heterocycles. The monoisotopic (exact) mass is 970 g/mol. The van der Waals surface area contributed by atoms with Crippen molar-refractivity contribution in [2.24, 2.45) is 0 Å². The SMILES string of the molecule is CCCCCCC(c1ccc(N(c2ccccc2)c2ccccc2)cc1)c1ccc(N(c2ccc(C(C)C)cc2)c2ccc(C(C)(CCCCC)c3ccc(N(c4ccccc4)c4ccccc4)cc3)cc2)cc1. The van der Waals surface area contributed by atoms with Gasteiger partial charge in [0, 0.05) is 62.5 Å². The van der Waals surface area contributed by atoms with Gasteiger partial charge in [-0.2, -0.15) is 0 Å². The summed E-state index contributed by atoms with van der Waals surface area (Å²) in [4.78, 5) is 7.13. The second kappa shape index (κ2) is 24.9. The van der Waals surface area contributed by atoms with Crippen LogP contribution in [0, 0.1) is 0 Å². The third-order valence-corrected chi connectivity index (χ3v) is 15.1. The molecule has 0 aliphatic rings. The summed E-state index contributed by atoms with van der Waals surface area (Å²) in [6, 6.07) is 89.7. The van der Waals surface area contributed by atoms with Gasteiger partial charge >= 0.3 is 0 Å². The summed E-state index contributed by atoms with van der Waals surface area (Å²) in [5.74, 6) is 0.743. The Kier molecular flexibility index (Phi) is 17.2. The van der Waals surface area contributed by atoms with Gasteiger partial charge < -0.3 is 14.7 Å². The number of benzene rings is 9. The molecule has 9 rings (SSSR count). The van der Waals surface area contributed by atoms with E-state index in [4.69, 9.17) is 0 Å². The van der Waals surface area contributed by atoms with E-state index in [1.54, 1.807) is 0 Å². The number of hydrogen-bond donors (Lipinski definition) is 0. The van der Waals surface area contributed by atoms with Crippen LogP contribution in [-0.4, -0.2) is 0 Å². The van der Waals surface area contributed by atoms with Crippen molar-refractivity contribution in [1.29, 1.82) is 0 Å². The van der Waals surface area contributed by atoms with Crippen LogP contribution in [0.5, 0.6) is 0 Å². The van der Waals surface area contributed by atoms with Crippen LogP contribution in [0.15, 0.2) is 243 Å². The lowest BCUT2D eigenvalue weighted by Gasteiger charge is -2.33. The lowest BCUT2D eigenvalue weighted by molar-refractivity contribution is 0.483. The number of unbranched alkanes of at least 4 members (excludes halogenated alkanes) is 5. The van der Waals surface area contributed by atoms with E-state index >= 15 is 0 Å². The van der Waals surface area contributed by atoms with Crippen LogP contribution in [0.1, 0.15) is 132 Å². The van der Waals surface area contributed by atoms with Gasteiger partial charge in [0.05, 0.1) is 0 Å². The van der Waals surface area contributed by atoms with Crippen LogP contribution >= 0.6 is 0 Å². The summed E-state index contributed by atoms with van der Waals surface area (Å²) in [6.07, 6.45) is 10.7. The Morgan fingerprint density at radius 3 is 0.905 bits per heavy atom. The zero-order chi connectivity index (χ0) is 51.1. The Labute approximate surface area is 443 Å². The molecule has 2 atom stereocenters. The first-order chi connectivity index (χ1) is 36.3. The van der Waals surface area contributed by atoms with Crippen LogP contribution in [0.4, 0.5) is 51.2 Å². The number of para-hydroxylation sites is 4. The van der Waals surface area contributed by atoms with Crippen molar-refractivity contribution in [1.82, 2.24) is 0 Å². The van der Waals surface area contributed by atoms with E-state index in [-0.39, 0.29) is 11.3 Å². The summed E-state index contributed by atoms with van der Waals surface area (Å²) >= 11 is 0. The Morgan fingerprint density at radius 1 is 0.311 bits per heavy atom. The van der Waals surface area contributed by atoms with Crippen molar-refractivity contribution in [3.8, 4) is 0 Å². The molecule has 0 bridgehead atoms. The number of hydrogen-bond acceptors (Lipinski definition) is 3. The van der Waals surface area contributed by atoms with Gasteiger partial charge in [0.25, 0.3) is 0 Å². The van der Waals surface area contributed by atoms with E-state index in [1.807, 2.05) is 0 Å². The standard InChI is InChI=1S/C71H75N3/c1-6-8-10-23-33-70(57-36-46-66(47-37-57)72(61-25-15-11-16-26-61)62-27-17-12-18-28-62)58-38-48-67(49-39-58)74(65-44-34-56(35-45-65)55(3)4)69-52-42-60(43-53-69)71(5,54-24-9-7-2)59-40-50-68(51-41-59)73(63-29-19-13-20-30-63)64-31-21-14-22-32-64/h11-22,25-32,34-53,55,70H,6-10,23-24,33,54H2,1-5H3. The fourth-order valence-electron chi connectivity index (χ4n) is 10.8. The van der Waals surface area contributed by atoms with Gasteiger partial charge in [0.15, 0.2) is 0 Å². The maximum absolute atomic E-state index is 2.45. The van der Waals surface area contributed by atoms with Crippen molar-refractivity contribution >= 4 is 51.2 Å². The molecule has 0 aliphatic heterocycles. The van der Waals surface area contributed by atoms with Crippen molar-refractivity contribution in [2.75, 3.05) is 14.7 Å². The van der Waals surface area contributed by atoms with Gasteiger partial charge in [-0.1, -0.05) is 213 Å². The van der Waals surface area contributed by atoms with E-state index in [2.05, 4.69) is 292 Å². The van der Waals surface area contributed by atoms with Gasteiger partial charge in [-0.3, -0.25) is 0 Å². The van der Waals surface area contributed by atoms with Crippen molar-refractivity contribution in [3.63, 3.8) is 0 Å². The minimum absolute atomic E-state index is 0.173. The molecular weight excluding hydrogens is 895 g/mol. The predicted octanol–water partition coefficient (Wildman–Crippen LogP) is 21.2. The number of nitrogens with zero attached hydrogens (tertiary/aromatic N) is 3. The smallest absolute Gasteiger partial charge is 0.0461 e. The summed E-state index contributed by atoms with van der Waals surface area (Å²) in [6.45, 7) is 11.6. The Balaban J connectivity index is 1.04. The molecule has 0 radical (unpaired) electrons. The maximum Gasteiger partial charge on any atom is 0.0461 e. The van der Waals surface area contributed by atoms with E-state index in [9.17, 15) is 0 Å². The highest BCUT2D eigenvalue weighted by Crippen LogP contribution is 2.44. The number of anilines is 9. The largest absolute Gasteiger partial charge is 0.311 e. The topological polar surface area (TPSA) is 9.72 Å². The first-order valence-electron chi connectivity index (χ1n) is 27.5. The molecule has 9 aromatic rings. The molecule has 0 fully saturated rings. The van der Waals surface area contributed by atoms with Crippen LogP contribution in [0.3, 0.4) is 0 Å². The average molecular weight is 970 g/mol. The van der Waals surface area contributed by atoms with Crippen LogP contribution < -0.4 is 14.7 Å². The average Bonchev–Trinajstić information content (AvgIpc) is 3.46. The third kappa shape index (κ3) is 12.1. The highest BCUT2D eigenvalue weighted by atomic mass is 15.2. The fourth-order valence-corrected chi connectivity index (χ4v) is 10.8. The van der Waals surface area contributed by atoms with Gasteiger partial charge in [0.2, 0.25) is 0 Å². The molecule has 0 saturated carbocycles. The molecule has 374 valence electrons. The third-order valence-electron chi connectivity index (χ3n) is 15.1. The number of rotatable bonds is 23. The predicted molar refractivity (Wildman–Crippen MR) is 319 cm³/mol. The molecule has 0 amide bonds. The van der Waals surface area contributed by atoms with Crippen molar-refractivity contribution in [3.05, 3.63) is 270 Å². The Hall–Kier alpha value is -7.62. The molecule has 0 spiro atoms. The molecule has 74 heavy (non-hydrogen) atoms. The van der Waals surface area contributed by atoms with Gasteiger partial charge in [-0.05, 0) is 156 Å². The van der Waals surface area contributed by atoms with Gasteiger partial charge in [-0.15, -0.1) is 0 Å². The fraction of sp³-hybridized carbons (Fsp3) is 0.239. The Morgan fingerprint density at radius 2 is 0.595 bits per heavy atom. The summed E-state index contributed by atoms with van der Waals surface area (Å²) in [7, 11) is 0. The summed E-state index contributed by atoms with van der Waals surface area (Å²) < 4.78 is 0. The van der Waals surface area contributed by atoms with Gasteiger partial charge in [-0.25, -0.2) is 0 Å². The zero-order valence-electron chi connectivity index (χ0n) is 44.5. The second-order valence-corrected chi connectivity index (χ2v) is 20.6. The molecule has 0 saturated heterocycles. The first kappa shape index (κ1) is 51.3. The zero-order valence-corrected chi connectivity index (χ0v) is 44.5. The summed E-state index contributed by atoms with van der Waals surface area (Å²) in [5.41, 5.74) is 16.9. The van der Waals surface area contributed by atoms with E-state index in [1.165, 1.54) is 72.8 Å². The normalized spacial score (nSPS) is 12.5. The van der Waals surface area contributed by atoms with Gasteiger partial charge in [0.1, 0.15) is 0 Å². The minimum Gasteiger partial charge on any atom is -0.311 e. The lowest BCUT2D eigenvalue weighted by atomic mass is 9.72. The summed E-state index contributed by atoms with van der Waals surface area (Å²) in [5, 5.41) is 0. The lowest BCUT2D eigenvalue weighted by Crippen LogP contribution is -2.24. The van der Waals surface area contributed by atoms with Crippen molar-refractivity contribution in [2.45, 2.75) is 110 Å². The Bertz CT molecular complexity index is 2960. The quantitative estimate of drug-likeness (QED) is 0.0592. The highest BCUT2D eigenvalue weighted by molar-refractivity contribution is 5.79. The molecule has 3 heteroatoms. The maximum atomic E-state index is 2.45. The van der Waals surface area contributed by atoms with Crippen LogP contribution in [0.2, 0.25) is 0 Å². The van der Waals surface area contributed by atoms with Crippen molar-refractivity contribution < 1.29 is 0 Å². The van der Waals surface area contributed by atoms with Crippen LogP contribution in [-0.2, 0) is 5.41 Å². The molecule has 3 nitrogen and oxygen atoms in total. The van der Waals surface area contributed by atoms with E-state index < -0.39 is 0 Å². The molecule has 0 aliphatic carbocycles. The van der Waals surface area contributed by atoms with Crippen LogP contribution in [0.25, 0.3) is 0 Å². The molecular formula is C71H75N3.